The highest BCUT2D eigenvalue weighted by atomic mass is 32.2. The van der Waals surface area contributed by atoms with Crippen LogP contribution < -0.4 is 4.72 Å². The van der Waals surface area contributed by atoms with Crippen LogP contribution in [-0.2, 0) is 21.3 Å². The van der Waals surface area contributed by atoms with E-state index in [0.29, 0.717) is 6.61 Å². The molecule has 1 heterocycles. The van der Waals surface area contributed by atoms with Gasteiger partial charge in [0.05, 0.1) is 12.3 Å². The van der Waals surface area contributed by atoms with Gasteiger partial charge >= 0.3 is 0 Å². The molecule has 0 aromatic carbocycles. The highest BCUT2D eigenvalue weighted by Crippen LogP contribution is 2.38. The minimum absolute atomic E-state index is 0.126. The van der Waals surface area contributed by atoms with E-state index in [-0.39, 0.29) is 9.79 Å². The molecular formula is C18H34N2O2SSi. The molecule has 4 nitrogen and oxygen atoms in total. The van der Waals surface area contributed by atoms with Crippen molar-refractivity contribution in [3.8, 4) is 0 Å². The second kappa shape index (κ2) is 7.46. The van der Waals surface area contributed by atoms with Gasteiger partial charge < -0.3 is 8.98 Å². The molecule has 1 unspecified atom stereocenters. The standard InChI is InChI=1S/C18H34N2O2SSi/c1-16(2,3)23(21)20-18(7,15-12-10-11-13-19-15)14-22-24(8,9)17(4,5)6/h10-13,20H,14H2,1-9H3/t18-,23?/m0/s1. The molecule has 0 aliphatic carbocycles. The molecule has 0 amide bonds. The summed E-state index contributed by atoms with van der Waals surface area (Å²) in [6.45, 7) is 19.5. The zero-order chi connectivity index (χ0) is 18.8. The van der Waals surface area contributed by atoms with Crippen LogP contribution in [0.1, 0.15) is 54.2 Å². The third-order valence-electron chi connectivity index (χ3n) is 4.63. The lowest BCUT2D eigenvalue weighted by molar-refractivity contribution is 0.195. The summed E-state index contributed by atoms with van der Waals surface area (Å²) < 4.78 is 22.1. The molecule has 1 N–H and O–H groups in total. The molecule has 1 rings (SSSR count). The maximum Gasteiger partial charge on any atom is 0.192 e. The Morgan fingerprint density at radius 3 is 2.12 bits per heavy atom. The van der Waals surface area contributed by atoms with Gasteiger partial charge in [-0.25, -0.2) is 0 Å². The van der Waals surface area contributed by atoms with Crippen molar-refractivity contribution in [3.63, 3.8) is 0 Å². The van der Waals surface area contributed by atoms with Gasteiger partial charge in [0.25, 0.3) is 0 Å². The Hall–Kier alpha value is -0.403. The first kappa shape index (κ1) is 21.6. The maximum absolute atomic E-state index is 12.7. The summed E-state index contributed by atoms with van der Waals surface area (Å²) in [6.07, 6.45) is 1.77. The fraction of sp³-hybridized carbons (Fsp3) is 0.722. The predicted molar refractivity (Wildman–Crippen MR) is 106 cm³/mol. The molecule has 6 heteroatoms. The Balaban J connectivity index is 3.07. The second-order valence-corrected chi connectivity index (χ2v) is 15.9. The van der Waals surface area contributed by atoms with Gasteiger partial charge in [-0.1, -0.05) is 26.8 Å². The van der Waals surface area contributed by atoms with Crippen molar-refractivity contribution in [2.75, 3.05) is 6.61 Å². The van der Waals surface area contributed by atoms with E-state index in [2.05, 4.69) is 43.6 Å². The van der Waals surface area contributed by atoms with Crippen LogP contribution in [0.15, 0.2) is 24.4 Å². The third-order valence-corrected chi connectivity index (χ3v) is 10.9. The summed E-state index contributed by atoms with van der Waals surface area (Å²) in [7, 11) is -1.91. The second-order valence-electron chi connectivity index (χ2n) is 9.08. The van der Waals surface area contributed by atoms with Crippen molar-refractivity contribution >= 4 is 19.7 Å². The molecule has 0 aliphatic rings. The lowest BCUT2D eigenvalue weighted by atomic mass is 10.0. The molecule has 0 saturated carbocycles. The van der Waals surface area contributed by atoms with Gasteiger partial charge in [-0.05, 0) is 58.0 Å². The highest BCUT2D eigenvalue weighted by Gasteiger charge is 2.43. The monoisotopic (exact) mass is 370 g/mol. The van der Waals surface area contributed by atoms with Crippen LogP contribution >= 0.6 is 0 Å². The largest absolute Gasteiger partial charge is 0.598 e. The van der Waals surface area contributed by atoms with Gasteiger partial charge in [0.15, 0.2) is 8.32 Å². The first-order valence-electron chi connectivity index (χ1n) is 8.44. The third kappa shape index (κ3) is 5.56. The highest BCUT2D eigenvalue weighted by molar-refractivity contribution is 7.90. The van der Waals surface area contributed by atoms with Crippen molar-refractivity contribution in [2.24, 2.45) is 0 Å². The average Bonchev–Trinajstić information content (AvgIpc) is 2.44. The topological polar surface area (TPSA) is 57.2 Å². The zero-order valence-corrected chi connectivity index (χ0v) is 18.5. The van der Waals surface area contributed by atoms with Gasteiger partial charge in [0, 0.05) is 17.6 Å². The first-order chi connectivity index (χ1) is 10.7. The molecule has 0 bridgehead atoms. The summed E-state index contributed by atoms with van der Waals surface area (Å²) in [5, 5.41) is 0.126. The van der Waals surface area contributed by atoms with E-state index in [1.54, 1.807) is 6.20 Å². The number of nitrogens with zero attached hydrogens (tertiary/aromatic N) is 1. The Kier molecular flexibility index (Phi) is 6.72. The molecular weight excluding hydrogens is 336 g/mol. The fourth-order valence-electron chi connectivity index (χ4n) is 1.74. The van der Waals surface area contributed by atoms with Crippen LogP contribution in [0.3, 0.4) is 0 Å². The van der Waals surface area contributed by atoms with Crippen LogP contribution in [0.5, 0.6) is 0 Å². The molecule has 0 saturated heterocycles. The fourth-order valence-corrected chi connectivity index (χ4v) is 3.71. The van der Waals surface area contributed by atoms with Crippen LogP contribution in [0.25, 0.3) is 0 Å². The van der Waals surface area contributed by atoms with Gasteiger partial charge in [0.2, 0.25) is 0 Å². The minimum atomic E-state index is -1.91. The SMILES string of the molecule is CC(C)(C)[S+]([O-])N[C@@](C)(CO[Si](C)(C)C(C)(C)C)c1ccccn1. The van der Waals surface area contributed by atoms with Crippen LogP contribution in [0.2, 0.25) is 18.1 Å². The maximum atomic E-state index is 12.7. The number of hydrogen-bond donors (Lipinski definition) is 1. The van der Waals surface area contributed by atoms with E-state index in [1.165, 1.54) is 0 Å². The molecule has 0 radical (unpaired) electrons. The van der Waals surface area contributed by atoms with Crippen molar-refractivity contribution in [2.45, 2.75) is 76.9 Å². The molecule has 138 valence electrons. The summed E-state index contributed by atoms with van der Waals surface area (Å²) in [6, 6.07) is 5.80. The molecule has 1 aromatic heterocycles. The number of hydrogen-bond acceptors (Lipinski definition) is 4. The van der Waals surface area contributed by atoms with Crippen molar-refractivity contribution < 1.29 is 8.98 Å². The Morgan fingerprint density at radius 1 is 1.12 bits per heavy atom. The molecule has 1 aromatic rings. The van der Waals surface area contributed by atoms with E-state index >= 15 is 0 Å². The van der Waals surface area contributed by atoms with Gasteiger partial charge in [-0.3, -0.25) is 4.98 Å². The van der Waals surface area contributed by atoms with Crippen molar-refractivity contribution in [1.82, 2.24) is 9.71 Å². The van der Waals surface area contributed by atoms with E-state index in [1.807, 2.05) is 45.9 Å². The van der Waals surface area contributed by atoms with Gasteiger partial charge in [-0.15, -0.1) is 4.72 Å². The Morgan fingerprint density at radius 2 is 1.71 bits per heavy atom. The van der Waals surface area contributed by atoms with E-state index in [4.69, 9.17) is 4.43 Å². The van der Waals surface area contributed by atoms with Crippen LogP contribution in [0, 0.1) is 0 Å². The first-order valence-corrected chi connectivity index (χ1v) is 12.5. The quantitative estimate of drug-likeness (QED) is 0.597. The summed E-state index contributed by atoms with van der Waals surface area (Å²) >= 11 is -1.21. The van der Waals surface area contributed by atoms with Crippen molar-refractivity contribution in [1.29, 1.82) is 0 Å². The molecule has 2 atom stereocenters. The normalized spacial score (nSPS) is 17.4. The van der Waals surface area contributed by atoms with E-state index in [9.17, 15) is 4.55 Å². The number of pyridine rings is 1. The number of rotatable bonds is 6. The number of nitrogens with one attached hydrogen (secondary N) is 1. The number of aromatic nitrogens is 1. The van der Waals surface area contributed by atoms with Crippen LogP contribution in [-0.4, -0.2) is 29.2 Å². The van der Waals surface area contributed by atoms with Gasteiger partial charge in [0.1, 0.15) is 10.3 Å². The summed E-state index contributed by atoms with van der Waals surface area (Å²) in [4.78, 5) is 4.49. The average molecular weight is 371 g/mol. The molecule has 0 fully saturated rings. The molecule has 0 spiro atoms. The van der Waals surface area contributed by atoms with E-state index in [0.717, 1.165) is 5.69 Å². The Labute approximate surface area is 152 Å². The van der Waals surface area contributed by atoms with Gasteiger partial charge in [-0.2, -0.15) is 0 Å². The smallest absolute Gasteiger partial charge is 0.192 e. The minimum Gasteiger partial charge on any atom is -0.598 e. The summed E-state index contributed by atoms with van der Waals surface area (Å²) in [5.41, 5.74) is 0.246. The molecule has 24 heavy (non-hydrogen) atoms. The molecule has 0 aliphatic heterocycles. The lowest BCUT2D eigenvalue weighted by Gasteiger charge is -2.40. The Bertz CT molecular complexity index is 526. The van der Waals surface area contributed by atoms with Crippen LogP contribution in [0.4, 0.5) is 0 Å². The summed E-state index contributed by atoms with van der Waals surface area (Å²) in [5.74, 6) is 0. The lowest BCUT2D eigenvalue weighted by Crippen LogP contribution is -2.54. The predicted octanol–water partition coefficient (Wildman–Crippen LogP) is 4.37. The zero-order valence-electron chi connectivity index (χ0n) is 16.7. The van der Waals surface area contributed by atoms with E-state index < -0.39 is 25.2 Å². The van der Waals surface area contributed by atoms with Crippen molar-refractivity contribution in [3.05, 3.63) is 30.1 Å².